The van der Waals surface area contributed by atoms with Crippen LogP contribution in [-0.2, 0) is 23.1 Å². The molecule has 0 unspecified atom stereocenters. The van der Waals surface area contributed by atoms with Gasteiger partial charge in [0, 0.05) is 12.1 Å². The first kappa shape index (κ1) is 14.4. The summed E-state index contributed by atoms with van der Waals surface area (Å²) in [5.41, 5.74) is -5.23. The molecule has 2 N–H and O–H groups in total. The zero-order valence-electron chi connectivity index (χ0n) is 9.64. The van der Waals surface area contributed by atoms with Crippen LogP contribution >= 0.6 is 0 Å². The van der Waals surface area contributed by atoms with Crippen LogP contribution in [0.4, 0.5) is 18.0 Å². The Morgan fingerprint density at radius 1 is 1.45 bits per heavy atom. The van der Waals surface area contributed by atoms with Crippen LogP contribution in [0.1, 0.15) is 11.3 Å². The average molecular weight is 315 g/mol. The second-order valence-corrected chi connectivity index (χ2v) is 5.46. The summed E-state index contributed by atoms with van der Waals surface area (Å²) in [7, 11) is -5.80. The van der Waals surface area contributed by atoms with Crippen LogP contribution in [0.5, 0.6) is 5.88 Å². The van der Waals surface area contributed by atoms with Crippen LogP contribution < -0.4 is 4.18 Å². The predicted molar refractivity (Wildman–Crippen MR) is 56.3 cm³/mol. The molecule has 1 aliphatic rings. The van der Waals surface area contributed by atoms with Gasteiger partial charge in [-0.25, -0.2) is 4.79 Å². The van der Waals surface area contributed by atoms with Gasteiger partial charge in [0.1, 0.15) is 0 Å². The summed E-state index contributed by atoms with van der Waals surface area (Å²) in [5, 5.41) is 14.4. The molecule has 0 spiro atoms. The summed E-state index contributed by atoms with van der Waals surface area (Å²) >= 11 is 0. The van der Waals surface area contributed by atoms with E-state index in [1.165, 1.54) is 0 Å². The molecular formula is C8H8F3N3O5S. The number of H-pyrrole nitrogens is 1. The number of aromatic nitrogens is 2. The third-order valence-electron chi connectivity index (χ3n) is 2.64. The first-order chi connectivity index (χ1) is 9.12. The summed E-state index contributed by atoms with van der Waals surface area (Å²) in [4.78, 5) is 11.7. The van der Waals surface area contributed by atoms with E-state index in [1.54, 1.807) is 0 Å². The fourth-order valence-corrected chi connectivity index (χ4v) is 2.11. The summed E-state index contributed by atoms with van der Waals surface area (Å²) in [6, 6.07) is 0. The van der Waals surface area contributed by atoms with Crippen molar-refractivity contribution in [1.82, 2.24) is 15.1 Å². The second-order valence-electron chi connectivity index (χ2n) is 3.92. The van der Waals surface area contributed by atoms with Gasteiger partial charge in [0.2, 0.25) is 0 Å². The minimum Gasteiger partial charge on any atom is -0.465 e. The first-order valence-electron chi connectivity index (χ1n) is 5.16. The molecule has 1 aromatic rings. The van der Waals surface area contributed by atoms with Crippen LogP contribution in [-0.4, -0.2) is 46.8 Å². The number of hydrogen-bond donors (Lipinski definition) is 2. The number of aromatic amines is 1. The highest BCUT2D eigenvalue weighted by Gasteiger charge is 2.49. The van der Waals surface area contributed by atoms with Gasteiger partial charge in [-0.05, 0) is 6.42 Å². The average Bonchev–Trinajstić information content (AvgIpc) is 2.69. The number of halogens is 3. The second kappa shape index (κ2) is 4.54. The standard InChI is InChI=1S/C8H8F3N3O5S/c9-8(10,11)20(17,18)19-6-4-1-2-14(7(15)16)3-5(4)12-13-6/h1-3H2,(H,12,13)(H,15,16). The van der Waals surface area contributed by atoms with E-state index in [0.717, 1.165) is 4.90 Å². The monoisotopic (exact) mass is 315 g/mol. The maximum atomic E-state index is 12.2. The van der Waals surface area contributed by atoms with Crippen LogP contribution in [0.15, 0.2) is 0 Å². The Balaban J connectivity index is 2.25. The van der Waals surface area contributed by atoms with E-state index in [2.05, 4.69) is 14.4 Å². The number of carbonyl (C=O) groups is 1. The van der Waals surface area contributed by atoms with Crippen molar-refractivity contribution >= 4 is 16.2 Å². The highest BCUT2D eigenvalue weighted by Crippen LogP contribution is 2.30. The Kier molecular flexibility index (Phi) is 3.28. The van der Waals surface area contributed by atoms with Gasteiger partial charge in [-0.1, -0.05) is 0 Å². The predicted octanol–water partition coefficient (Wildman–Crippen LogP) is 0.674. The third kappa shape index (κ3) is 2.50. The smallest absolute Gasteiger partial charge is 0.465 e. The molecule has 0 atom stereocenters. The first-order valence-corrected chi connectivity index (χ1v) is 6.57. The summed E-state index contributed by atoms with van der Waals surface area (Å²) in [5.74, 6) is -0.706. The maximum Gasteiger partial charge on any atom is 0.534 e. The van der Waals surface area contributed by atoms with E-state index in [0.29, 0.717) is 0 Å². The SMILES string of the molecule is O=C(O)N1CCc2c(OS(=O)(=O)C(F)(F)F)n[nH]c2C1. The Morgan fingerprint density at radius 3 is 2.65 bits per heavy atom. The van der Waals surface area contributed by atoms with E-state index in [9.17, 15) is 26.4 Å². The van der Waals surface area contributed by atoms with Crippen molar-refractivity contribution in [3.63, 3.8) is 0 Å². The molecule has 0 bridgehead atoms. The van der Waals surface area contributed by atoms with E-state index < -0.39 is 27.6 Å². The lowest BCUT2D eigenvalue weighted by Crippen LogP contribution is -2.35. The molecule has 12 heteroatoms. The molecule has 0 aliphatic carbocycles. The number of carboxylic acid groups (broad SMARTS) is 1. The number of nitrogens with zero attached hydrogens (tertiary/aromatic N) is 2. The lowest BCUT2D eigenvalue weighted by molar-refractivity contribution is -0.0501. The van der Waals surface area contributed by atoms with Crippen molar-refractivity contribution in [2.75, 3.05) is 6.54 Å². The van der Waals surface area contributed by atoms with Crippen LogP contribution in [0.3, 0.4) is 0 Å². The largest absolute Gasteiger partial charge is 0.534 e. The van der Waals surface area contributed by atoms with Gasteiger partial charge in [0.05, 0.1) is 12.2 Å². The number of amides is 1. The Labute approximate surface area is 110 Å². The Bertz CT molecular complexity index is 638. The number of fused-ring (bicyclic) bond motifs is 1. The molecule has 1 amide bonds. The van der Waals surface area contributed by atoms with E-state index >= 15 is 0 Å². The molecular weight excluding hydrogens is 307 g/mol. The molecule has 1 aliphatic heterocycles. The van der Waals surface area contributed by atoms with Gasteiger partial charge in [0.25, 0.3) is 5.88 Å². The van der Waals surface area contributed by atoms with Crippen molar-refractivity contribution < 1.29 is 35.7 Å². The molecule has 0 saturated heterocycles. The van der Waals surface area contributed by atoms with E-state index in [4.69, 9.17) is 5.11 Å². The zero-order chi connectivity index (χ0) is 15.1. The summed E-state index contributed by atoms with van der Waals surface area (Å²) < 4.78 is 62.2. The van der Waals surface area contributed by atoms with E-state index in [-0.39, 0.29) is 30.8 Å². The van der Waals surface area contributed by atoms with Crippen LogP contribution in [0.25, 0.3) is 0 Å². The maximum absolute atomic E-state index is 12.2. The van der Waals surface area contributed by atoms with Crippen LogP contribution in [0.2, 0.25) is 0 Å². The highest BCUT2D eigenvalue weighted by atomic mass is 32.2. The number of hydrogen-bond acceptors (Lipinski definition) is 5. The van der Waals surface area contributed by atoms with Gasteiger partial charge in [-0.15, -0.1) is 5.10 Å². The lowest BCUT2D eigenvalue weighted by Gasteiger charge is -2.23. The number of alkyl halides is 3. The number of rotatable bonds is 2. The third-order valence-corrected chi connectivity index (χ3v) is 3.58. The molecule has 0 saturated carbocycles. The quantitative estimate of drug-likeness (QED) is 0.613. The van der Waals surface area contributed by atoms with Crippen molar-refractivity contribution in [3.8, 4) is 5.88 Å². The lowest BCUT2D eigenvalue weighted by atomic mass is 10.1. The van der Waals surface area contributed by atoms with Gasteiger partial charge in [-0.3, -0.25) is 5.10 Å². The molecule has 0 aromatic carbocycles. The minimum atomic E-state index is -5.80. The topological polar surface area (TPSA) is 113 Å². The summed E-state index contributed by atoms with van der Waals surface area (Å²) in [6.07, 6.45) is -1.20. The Hall–Kier alpha value is -1.98. The normalized spacial score (nSPS) is 15.8. The van der Waals surface area contributed by atoms with Crippen molar-refractivity contribution in [1.29, 1.82) is 0 Å². The van der Waals surface area contributed by atoms with Gasteiger partial charge < -0.3 is 14.2 Å². The molecule has 8 nitrogen and oxygen atoms in total. The van der Waals surface area contributed by atoms with Crippen molar-refractivity contribution in [2.45, 2.75) is 18.5 Å². The fourth-order valence-electron chi connectivity index (χ4n) is 1.67. The van der Waals surface area contributed by atoms with Gasteiger partial charge >= 0.3 is 21.7 Å². The van der Waals surface area contributed by atoms with Crippen molar-refractivity contribution in [2.24, 2.45) is 0 Å². The molecule has 1 aromatic heterocycles. The van der Waals surface area contributed by atoms with Gasteiger partial charge in [-0.2, -0.15) is 21.6 Å². The summed E-state index contributed by atoms with van der Waals surface area (Å²) in [6.45, 7) is -0.128. The molecule has 112 valence electrons. The van der Waals surface area contributed by atoms with E-state index in [1.807, 2.05) is 0 Å². The van der Waals surface area contributed by atoms with Crippen LogP contribution in [0, 0.1) is 0 Å². The highest BCUT2D eigenvalue weighted by molar-refractivity contribution is 7.87. The minimum absolute atomic E-state index is 0.000837. The number of nitrogens with one attached hydrogen (secondary N) is 1. The van der Waals surface area contributed by atoms with Crippen molar-refractivity contribution in [3.05, 3.63) is 11.3 Å². The van der Waals surface area contributed by atoms with Gasteiger partial charge in [0.15, 0.2) is 0 Å². The fraction of sp³-hybridized carbons (Fsp3) is 0.500. The zero-order valence-corrected chi connectivity index (χ0v) is 10.5. The molecule has 2 rings (SSSR count). The molecule has 0 radical (unpaired) electrons. The molecule has 2 heterocycles. The Morgan fingerprint density at radius 2 is 2.10 bits per heavy atom. The molecule has 0 fully saturated rings. The molecule has 20 heavy (non-hydrogen) atoms.